The number of carbonyl (C=O) groups excluding carboxylic acids is 1. The number of hydrogen-bond acceptors (Lipinski definition) is 6. The van der Waals surface area contributed by atoms with E-state index in [1.807, 2.05) is 6.26 Å². The van der Waals surface area contributed by atoms with Crippen LogP contribution in [0.3, 0.4) is 0 Å². The normalized spacial score (nSPS) is 26.1. The molecule has 1 aliphatic heterocycles. The summed E-state index contributed by atoms with van der Waals surface area (Å²) in [6.45, 7) is 5.90. The highest BCUT2D eigenvalue weighted by Gasteiger charge is 2.35. The van der Waals surface area contributed by atoms with Gasteiger partial charge in [0, 0.05) is 19.0 Å². The summed E-state index contributed by atoms with van der Waals surface area (Å²) >= 11 is 3.21. The predicted octanol–water partition coefficient (Wildman–Crippen LogP) is 3.26. The van der Waals surface area contributed by atoms with Gasteiger partial charge in [0.2, 0.25) is 0 Å². The topological polar surface area (TPSA) is 55.6 Å². The third kappa shape index (κ3) is 2.94. The molecule has 0 aromatic carbocycles. The molecule has 0 radical (unpaired) electrons. The Kier molecular flexibility index (Phi) is 4.21. The Labute approximate surface area is 134 Å². The van der Waals surface area contributed by atoms with Crippen LogP contribution >= 0.6 is 23.1 Å². The molecule has 116 valence electrons. The first-order valence-corrected chi connectivity index (χ1v) is 9.46. The number of ketones is 1. The lowest BCUT2D eigenvalue weighted by atomic mass is 10.2. The summed E-state index contributed by atoms with van der Waals surface area (Å²) in [5, 5.41) is 1.14. The molecule has 2 fully saturated rings. The Morgan fingerprint density at radius 2 is 1.95 bits per heavy atom. The summed E-state index contributed by atoms with van der Waals surface area (Å²) < 4.78 is 5.80. The smallest absolute Gasteiger partial charge is 0.178 e. The number of ether oxygens (including phenoxy) is 1. The van der Waals surface area contributed by atoms with E-state index in [1.165, 1.54) is 0 Å². The van der Waals surface area contributed by atoms with Crippen molar-refractivity contribution in [3.8, 4) is 0 Å². The number of anilines is 2. The van der Waals surface area contributed by atoms with E-state index >= 15 is 0 Å². The van der Waals surface area contributed by atoms with Gasteiger partial charge in [-0.25, -0.2) is 0 Å². The molecule has 1 aromatic heterocycles. The predicted molar refractivity (Wildman–Crippen MR) is 89.8 cm³/mol. The summed E-state index contributed by atoms with van der Waals surface area (Å²) in [5.74, 6) is 0.462. The van der Waals surface area contributed by atoms with Gasteiger partial charge in [0.1, 0.15) is 5.00 Å². The maximum Gasteiger partial charge on any atom is 0.178 e. The van der Waals surface area contributed by atoms with E-state index < -0.39 is 0 Å². The number of Topliss-reactive ketones (excluding diaryl/α,β-unsaturated/α-hetero) is 1. The molecule has 2 unspecified atom stereocenters. The maximum atomic E-state index is 12.4. The van der Waals surface area contributed by atoms with Gasteiger partial charge in [-0.3, -0.25) is 4.79 Å². The molecule has 6 heteroatoms. The Morgan fingerprint density at radius 3 is 2.48 bits per heavy atom. The molecule has 0 amide bonds. The van der Waals surface area contributed by atoms with Crippen LogP contribution in [-0.4, -0.2) is 37.3 Å². The van der Waals surface area contributed by atoms with E-state index in [0.717, 1.165) is 40.7 Å². The zero-order chi connectivity index (χ0) is 15.1. The van der Waals surface area contributed by atoms with E-state index in [9.17, 15) is 4.79 Å². The van der Waals surface area contributed by atoms with E-state index in [1.54, 1.807) is 23.1 Å². The van der Waals surface area contributed by atoms with E-state index in [0.29, 0.717) is 5.69 Å². The zero-order valence-electron chi connectivity index (χ0n) is 12.7. The molecule has 1 aliphatic carbocycles. The van der Waals surface area contributed by atoms with Crippen molar-refractivity contribution >= 4 is 39.6 Å². The average molecular weight is 326 g/mol. The minimum Gasteiger partial charge on any atom is -0.396 e. The molecular weight excluding hydrogens is 304 g/mol. The summed E-state index contributed by atoms with van der Waals surface area (Å²) in [5.41, 5.74) is 6.95. The molecule has 0 spiro atoms. The molecule has 2 N–H and O–H groups in total. The highest BCUT2D eigenvalue weighted by Crippen LogP contribution is 2.47. The van der Waals surface area contributed by atoms with Gasteiger partial charge in [0.15, 0.2) is 5.78 Å². The quantitative estimate of drug-likeness (QED) is 0.680. The fourth-order valence-corrected chi connectivity index (χ4v) is 5.10. The Balaban J connectivity index is 1.93. The molecule has 1 saturated carbocycles. The van der Waals surface area contributed by atoms with E-state index in [4.69, 9.17) is 10.5 Å². The summed E-state index contributed by atoms with van der Waals surface area (Å²) in [7, 11) is 0. The molecule has 21 heavy (non-hydrogen) atoms. The molecule has 2 heterocycles. The number of thiophene rings is 1. The lowest BCUT2D eigenvalue weighted by Gasteiger charge is -2.36. The molecule has 2 aliphatic rings. The number of nitrogen functional groups attached to an aromatic ring is 1. The third-order valence-corrected chi connectivity index (χ3v) is 6.20. The highest BCUT2D eigenvalue weighted by atomic mass is 32.2. The molecule has 1 saturated heterocycles. The van der Waals surface area contributed by atoms with Crippen molar-refractivity contribution in [3.05, 3.63) is 4.88 Å². The zero-order valence-corrected chi connectivity index (χ0v) is 14.4. The van der Waals surface area contributed by atoms with Gasteiger partial charge in [-0.2, -0.15) is 0 Å². The third-order valence-electron chi connectivity index (χ3n) is 3.97. The van der Waals surface area contributed by atoms with Gasteiger partial charge in [0.05, 0.1) is 27.7 Å². The SMILES string of the molecule is CSc1c(N2CC(C)OC(C)C2)sc(C(=O)C2CC2)c1N. The molecule has 3 rings (SSSR count). The van der Waals surface area contributed by atoms with Crippen LogP contribution < -0.4 is 10.6 Å². The molecule has 2 atom stereocenters. The van der Waals surface area contributed by atoms with Crippen LogP contribution in [0.5, 0.6) is 0 Å². The first-order valence-electron chi connectivity index (χ1n) is 7.42. The fraction of sp³-hybridized carbons (Fsp3) is 0.667. The number of nitrogens with two attached hydrogens (primary N) is 1. The van der Waals surface area contributed by atoms with Crippen LogP contribution in [0.25, 0.3) is 0 Å². The highest BCUT2D eigenvalue weighted by molar-refractivity contribution is 7.99. The van der Waals surface area contributed by atoms with Crippen molar-refractivity contribution in [1.82, 2.24) is 0 Å². The van der Waals surface area contributed by atoms with Crippen LogP contribution in [0.4, 0.5) is 10.7 Å². The summed E-state index contributed by atoms with van der Waals surface area (Å²) in [6, 6.07) is 0. The first-order chi connectivity index (χ1) is 10.0. The van der Waals surface area contributed by atoms with Crippen molar-refractivity contribution in [2.45, 2.75) is 43.8 Å². The van der Waals surface area contributed by atoms with Crippen molar-refractivity contribution in [2.24, 2.45) is 5.92 Å². The van der Waals surface area contributed by atoms with Crippen molar-refractivity contribution in [3.63, 3.8) is 0 Å². The summed E-state index contributed by atoms with van der Waals surface area (Å²) in [4.78, 5) is 16.6. The van der Waals surface area contributed by atoms with Crippen LogP contribution in [-0.2, 0) is 4.74 Å². The van der Waals surface area contributed by atoms with Gasteiger partial charge in [-0.15, -0.1) is 23.1 Å². The minimum absolute atomic E-state index is 0.203. The molecule has 1 aromatic rings. The Bertz CT molecular complexity index is 544. The Morgan fingerprint density at radius 1 is 1.33 bits per heavy atom. The number of hydrogen-bond donors (Lipinski definition) is 1. The van der Waals surface area contributed by atoms with Crippen molar-refractivity contribution in [1.29, 1.82) is 0 Å². The number of morpholine rings is 1. The largest absolute Gasteiger partial charge is 0.396 e. The lowest BCUT2D eigenvalue weighted by Crippen LogP contribution is -2.45. The Hall–Kier alpha value is -0.720. The van der Waals surface area contributed by atoms with Crippen LogP contribution in [0, 0.1) is 5.92 Å². The monoisotopic (exact) mass is 326 g/mol. The van der Waals surface area contributed by atoms with E-state index in [-0.39, 0.29) is 23.9 Å². The maximum absolute atomic E-state index is 12.4. The average Bonchev–Trinajstić information content (AvgIpc) is 3.21. The molecule has 4 nitrogen and oxygen atoms in total. The number of carbonyl (C=O) groups is 1. The van der Waals surface area contributed by atoms with Gasteiger partial charge >= 0.3 is 0 Å². The number of rotatable bonds is 4. The number of nitrogens with zero attached hydrogens (tertiary/aromatic N) is 1. The van der Waals surface area contributed by atoms with Gasteiger partial charge in [-0.05, 0) is 32.9 Å². The van der Waals surface area contributed by atoms with Gasteiger partial charge in [0.25, 0.3) is 0 Å². The molecular formula is C15H22N2O2S2. The first kappa shape index (κ1) is 15.2. The minimum atomic E-state index is 0.203. The molecule has 0 bridgehead atoms. The summed E-state index contributed by atoms with van der Waals surface area (Å²) in [6.07, 6.45) is 4.47. The second kappa shape index (κ2) is 5.82. The van der Waals surface area contributed by atoms with E-state index in [2.05, 4.69) is 18.7 Å². The second-order valence-corrected chi connectivity index (χ2v) is 7.80. The number of thioether (sulfide) groups is 1. The van der Waals surface area contributed by atoms with Crippen molar-refractivity contribution < 1.29 is 9.53 Å². The lowest BCUT2D eigenvalue weighted by molar-refractivity contribution is -0.00513. The van der Waals surface area contributed by atoms with Gasteiger partial charge in [-0.1, -0.05) is 0 Å². The second-order valence-electron chi connectivity index (χ2n) is 5.98. The standard InChI is InChI=1S/C15H22N2O2S2/c1-8-6-17(7-9(2)19-8)15-14(20-3)11(16)13(21-15)12(18)10-4-5-10/h8-10H,4-7,16H2,1-3H3. The fourth-order valence-electron chi connectivity index (χ4n) is 2.88. The van der Waals surface area contributed by atoms with Crippen molar-refractivity contribution in [2.75, 3.05) is 30.0 Å². The van der Waals surface area contributed by atoms with Gasteiger partial charge < -0.3 is 15.4 Å². The van der Waals surface area contributed by atoms with Crippen LogP contribution in [0.2, 0.25) is 0 Å². The van der Waals surface area contributed by atoms with Crippen LogP contribution in [0.15, 0.2) is 4.90 Å². The van der Waals surface area contributed by atoms with Crippen LogP contribution in [0.1, 0.15) is 36.4 Å².